The van der Waals surface area contributed by atoms with E-state index in [2.05, 4.69) is 16.3 Å². The Kier molecular flexibility index (Phi) is 6.53. The van der Waals surface area contributed by atoms with Gasteiger partial charge in [-0.2, -0.15) is 0 Å². The lowest BCUT2D eigenvalue weighted by Gasteiger charge is -2.34. The third kappa shape index (κ3) is 5.11. The van der Waals surface area contributed by atoms with Crippen molar-refractivity contribution in [1.82, 2.24) is 0 Å². The van der Waals surface area contributed by atoms with Crippen molar-refractivity contribution < 1.29 is 18.8 Å². The third-order valence-electron chi connectivity index (χ3n) is 4.59. The van der Waals surface area contributed by atoms with Gasteiger partial charge in [-0.15, -0.1) is 0 Å². The van der Waals surface area contributed by atoms with Crippen LogP contribution >= 0.6 is 11.6 Å². The minimum atomic E-state index is -0.525. The number of rotatable bonds is 6. The summed E-state index contributed by atoms with van der Waals surface area (Å²) in [5.41, 5.74) is 1.25. The molecule has 0 radical (unpaired) electrons. The van der Waals surface area contributed by atoms with E-state index < -0.39 is 5.82 Å². The highest BCUT2D eigenvalue weighted by Crippen LogP contribution is 2.27. The van der Waals surface area contributed by atoms with Crippen LogP contribution in [0, 0.1) is 5.82 Å². The number of piperazine rings is 1. The number of quaternary nitrogens is 1. The molecule has 5 nitrogen and oxygen atoms in total. The van der Waals surface area contributed by atoms with Gasteiger partial charge in [0.1, 0.15) is 11.6 Å². The van der Waals surface area contributed by atoms with Gasteiger partial charge in [0.2, 0.25) is 0 Å². The number of para-hydroxylation sites is 2. The minimum Gasteiger partial charge on any atom is -0.492 e. The van der Waals surface area contributed by atoms with Crippen molar-refractivity contribution in [2.75, 3.05) is 49.5 Å². The number of carbonyl (C=O) groups excluding carboxylic acids is 1. The van der Waals surface area contributed by atoms with Crippen LogP contribution < -0.4 is 19.9 Å². The highest BCUT2D eigenvalue weighted by Gasteiger charge is 2.24. The largest absolute Gasteiger partial charge is 0.492 e. The summed E-state index contributed by atoms with van der Waals surface area (Å²) < 4.78 is 19.5. The van der Waals surface area contributed by atoms with Crippen LogP contribution in [-0.4, -0.2) is 45.2 Å². The monoisotopic (exact) mass is 392 g/mol. The van der Waals surface area contributed by atoms with Gasteiger partial charge < -0.3 is 19.9 Å². The van der Waals surface area contributed by atoms with Crippen LogP contribution in [0.25, 0.3) is 0 Å². The summed E-state index contributed by atoms with van der Waals surface area (Å²) in [6.45, 7) is 6.24. The van der Waals surface area contributed by atoms with Gasteiger partial charge in [0, 0.05) is 5.02 Å². The van der Waals surface area contributed by atoms with E-state index in [4.69, 9.17) is 16.3 Å². The van der Waals surface area contributed by atoms with Gasteiger partial charge in [-0.1, -0.05) is 23.7 Å². The van der Waals surface area contributed by atoms with Crippen molar-refractivity contribution in [3.63, 3.8) is 0 Å². The van der Waals surface area contributed by atoms with Crippen LogP contribution in [0.15, 0.2) is 42.5 Å². The normalized spacial score (nSPS) is 14.9. The molecule has 0 spiro atoms. The molecule has 0 aromatic heterocycles. The molecular formula is C20H24ClFN3O2+. The smallest absolute Gasteiger partial charge is 0.279 e. The molecule has 1 saturated heterocycles. The Labute approximate surface area is 163 Å². The predicted octanol–water partition coefficient (Wildman–Crippen LogP) is 2.22. The molecule has 144 valence electrons. The van der Waals surface area contributed by atoms with Crippen molar-refractivity contribution in [3.05, 3.63) is 53.3 Å². The number of ether oxygens (including phenoxy) is 1. The maximum Gasteiger partial charge on any atom is 0.279 e. The van der Waals surface area contributed by atoms with Gasteiger partial charge in [-0.25, -0.2) is 4.39 Å². The Bertz CT molecular complexity index is 795. The van der Waals surface area contributed by atoms with E-state index >= 15 is 0 Å². The first-order valence-corrected chi connectivity index (χ1v) is 9.50. The molecule has 2 aromatic carbocycles. The summed E-state index contributed by atoms with van der Waals surface area (Å²) >= 11 is 5.73. The maximum atomic E-state index is 13.8. The van der Waals surface area contributed by atoms with Crippen LogP contribution in [0.3, 0.4) is 0 Å². The van der Waals surface area contributed by atoms with Gasteiger partial charge in [0.25, 0.3) is 5.91 Å². The van der Waals surface area contributed by atoms with E-state index in [1.54, 1.807) is 6.07 Å². The number of nitrogens with zero attached hydrogens (tertiary/aromatic N) is 1. The summed E-state index contributed by atoms with van der Waals surface area (Å²) in [6.07, 6.45) is 0. The number of anilines is 2. The zero-order chi connectivity index (χ0) is 19.2. The number of halogens is 2. The van der Waals surface area contributed by atoms with Gasteiger partial charge in [0.15, 0.2) is 6.54 Å². The highest BCUT2D eigenvalue weighted by molar-refractivity contribution is 6.30. The Morgan fingerprint density at radius 2 is 2.00 bits per heavy atom. The fourth-order valence-corrected chi connectivity index (χ4v) is 3.41. The molecule has 0 unspecified atom stereocenters. The fourth-order valence-electron chi connectivity index (χ4n) is 3.25. The molecule has 3 rings (SSSR count). The summed E-state index contributed by atoms with van der Waals surface area (Å²) in [5.74, 6) is 0.164. The molecule has 0 aliphatic carbocycles. The highest BCUT2D eigenvalue weighted by atomic mass is 35.5. The average molecular weight is 393 g/mol. The van der Waals surface area contributed by atoms with Crippen molar-refractivity contribution in [2.24, 2.45) is 0 Å². The lowest BCUT2D eigenvalue weighted by atomic mass is 10.2. The molecule has 1 fully saturated rings. The number of nitrogens with one attached hydrogen (secondary N) is 2. The molecule has 7 heteroatoms. The Morgan fingerprint density at radius 1 is 1.26 bits per heavy atom. The molecule has 1 heterocycles. The van der Waals surface area contributed by atoms with Crippen molar-refractivity contribution in [2.45, 2.75) is 6.92 Å². The number of amides is 1. The summed E-state index contributed by atoms with van der Waals surface area (Å²) in [5, 5.41) is 2.93. The first-order chi connectivity index (χ1) is 13.1. The van der Waals surface area contributed by atoms with Crippen LogP contribution in [0.4, 0.5) is 15.8 Å². The second-order valence-electron chi connectivity index (χ2n) is 6.49. The Morgan fingerprint density at radius 3 is 2.70 bits per heavy atom. The van der Waals surface area contributed by atoms with Crippen LogP contribution in [0.1, 0.15) is 6.92 Å². The Balaban J connectivity index is 1.53. The van der Waals surface area contributed by atoms with Crippen LogP contribution in [0.2, 0.25) is 5.02 Å². The SMILES string of the molecule is CCOc1ccccc1N1CC[NH+](CC(=O)Nc2ccc(Cl)cc2F)CC1. The van der Waals surface area contributed by atoms with E-state index in [1.165, 1.54) is 17.0 Å². The molecule has 1 aliphatic heterocycles. The van der Waals surface area contributed by atoms with Gasteiger partial charge >= 0.3 is 0 Å². The van der Waals surface area contributed by atoms with Crippen LogP contribution in [-0.2, 0) is 4.79 Å². The number of benzene rings is 2. The number of hydrogen-bond acceptors (Lipinski definition) is 3. The van der Waals surface area contributed by atoms with E-state index in [0.29, 0.717) is 18.2 Å². The second kappa shape index (κ2) is 9.06. The molecule has 0 saturated carbocycles. The first kappa shape index (κ1) is 19.5. The molecule has 1 amide bonds. The lowest BCUT2D eigenvalue weighted by molar-refractivity contribution is -0.892. The first-order valence-electron chi connectivity index (χ1n) is 9.12. The summed E-state index contributed by atoms with van der Waals surface area (Å²) in [4.78, 5) is 15.7. The summed E-state index contributed by atoms with van der Waals surface area (Å²) in [6, 6.07) is 12.2. The van der Waals surface area contributed by atoms with E-state index in [1.807, 2.05) is 25.1 Å². The number of hydrogen-bond donors (Lipinski definition) is 2. The standard InChI is InChI=1S/C20H23ClFN3O2/c1-2-27-19-6-4-3-5-18(19)25-11-9-24(10-12-25)14-20(26)23-17-8-7-15(21)13-16(17)22/h3-8,13H,2,9-12,14H2,1H3,(H,23,26)/p+1. The van der Waals surface area contributed by atoms with Crippen LogP contribution in [0.5, 0.6) is 5.75 Å². The van der Waals surface area contributed by atoms with E-state index in [9.17, 15) is 9.18 Å². The molecule has 0 atom stereocenters. The predicted molar refractivity (Wildman–Crippen MR) is 105 cm³/mol. The molecule has 0 bridgehead atoms. The topological polar surface area (TPSA) is 46.0 Å². The van der Waals surface area contributed by atoms with Gasteiger partial charge in [-0.3, -0.25) is 4.79 Å². The van der Waals surface area contributed by atoms with Gasteiger partial charge in [0.05, 0.1) is 44.2 Å². The van der Waals surface area contributed by atoms with Crippen molar-refractivity contribution in [3.8, 4) is 5.75 Å². The zero-order valence-corrected chi connectivity index (χ0v) is 16.1. The Hall–Kier alpha value is -2.31. The second-order valence-corrected chi connectivity index (χ2v) is 6.92. The fraction of sp³-hybridized carbons (Fsp3) is 0.350. The molecule has 2 N–H and O–H groups in total. The summed E-state index contributed by atoms with van der Waals surface area (Å²) in [7, 11) is 0. The molecule has 27 heavy (non-hydrogen) atoms. The molecular weight excluding hydrogens is 369 g/mol. The maximum absolute atomic E-state index is 13.8. The number of carbonyl (C=O) groups is 1. The van der Waals surface area contributed by atoms with Gasteiger partial charge in [-0.05, 0) is 37.3 Å². The molecule has 1 aliphatic rings. The quantitative estimate of drug-likeness (QED) is 0.792. The van der Waals surface area contributed by atoms with E-state index in [0.717, 1.165) is 37.6 Å². The average Bonchev–Trinajstić information content (AvgIpc) is 2.65. The zero-order valence-electron chi connectivity index (χ0n) is 15.3. The van der Waals surface area contributed by atoms with E-state index in [-0.39, 0.29) is 11.6 Å². The third-order valence-corrected chi connectivity index (χ3v) is 4.83. The lowest BCUT2D eigenvalue weighted by Crippen LogP contribution is -3.15. The van der Waals surface area contributed by atoms with Crippen molar-refractivity contribution in [1.29, 1.82) is 0 Å². The molecule has 2 aromatic rings. The van der Waals surface area contributed by atoms with Crippen molar-refractivity contribution >= 4 is 28.9 Å². The minimum absolute atomic E-state index is 0.160.